The SMILES string of the molecule is CCC(=O)Nc1ccc(Nc2ncc(C(F)(F)F)c(NCc3cccnc3N(C)S(C)(=O)=O)n2)cc1. The third-order valence-electron chi connectivity index (χ3n) is 4.95. The van der Waals surface area contributed by atoms with Crippen LogP contribution in [0, 0.1) is 0 Å². The highest BCUT2D eigenvalue weighted by Crippen LogP contribution is 2.34. The summed E-state index contributed by atoms with van der Waals surface area (Å²) in [4.78, 5) is 23.3. The summed E-state index contributed by atoms with van der Waals surface area (Å²) in [6, 6.07) is 9.57. The molecule has 3 N–H and O–H groups in total. The fourth-order valence-corrected chi connectivity index (χ4v) is 3.47. The van der Waals surface area contributed by atoms with E-state index in [1.165, 1.54) is 13.2 Å². The third-order valence-corrected chi connectivity index (χ3v) is 6.12. The molecule has 0 fully saturated rings. The molecule has 0 saturated heterocycles. The summed E-state index contributed by atoms with van der Waals surface area (Å²) in [6.45, 7) is 1.53. The Morgan fingerprint density at radius 1 is 1.08 bits per heavy atom. The number of amides is 1. The van der Waals surface area contributed by atoms with Crippen molar-refractivity contribution in [3.63, 3.8) is 0 Å². The maximum atomic E-state index is 13.6. The fraction of sp³-hybridized carbons (Fsp3) is 0.273. The van der Waals surface area contributed by atoms with Gasteiger partial charge < -0.3 is 16.0 Å². The monoisotopic (exact) mass is 523 g/mol. The van der Waals surface area contributed by atoms with Crippen LogP contribution in [0.25, 0.3) is 0 Å². The molecular formula is C22H24F3N7O3S. The molecule has 14 heteroatoms. The number of nitrogens with one attached hydrogen (secondary N) is 3. The van der Waals surface area contributed by atoms with Crippen LogP contribution in [-0.4, -0.2) is 42.6 Å². The van der Waals surface area contributed by atoms with Gasteiger partial charge >= 0.3 is 6.18 Å². The average molecular weight is 524 g/mol. The summed E-state index contributed by atoms with van der Waals surface area (Å²) in [6.07, 6.45) is -1.39. The van der Waals surface area contributed by atoms with E-state index in [2.05, 4.69) is 30.9 Å². The van der Waals surface area contributed by atoms with Gasteiger partial charge in [-0.3, -0.25) is 9.10 Å². The lowest BCUT2D eigenvalue weighted by Gasteiger charge is -2.20. The second kappa shape index (κ2) is 10.8. The number of pyridine rings is 1. The van der Waals surface area contributed by atoms with Gasteiger partial charge in [-0.05, 0) is 30.3 Å². The highest BCUT2D eigenvalue weighted by molar-refractivity contribution is 7.92. The zero-order chi connectivity index (χ0) is 26.5. The minimum Gasteiger partial charge on any atom is -0.365 e. The van der Waals surface area contributed by atoms with E-state index >= 15 is 0 Å². The van der Waals surface area contributed by atoms with Crippen molar-refractivity contribution in [3.05, 3.63) is 59.9 Å². The Bertz CT molecular complexity index is 1330. The summed E-state index contributed by atoms with van der Waals surface area (Å²) >= 11 is 0. The summed E-state index contributed by atoms with van der Waals surface area (Å²) in [5, 5.41) is 8.14. The molecule has 0 atom stereocenters. The number of benzene rings is 1. The molecule has 0 saturated carbocycles. The van der Waals surface area contributed by atoms with Gasteiger partial charge in [0.1, 0.15) is 17.2 Å². The number of halogens is 3. The number of aromatic nitrogens is 3. The number of hydrogen-bond acceptors (Lipinski definition) is 8. The van der Waals surface area contributed by atoms with Crippen LogP contribution in [0.4, 0.5) is 42.1 Å². The standard InChI is InChI=1S/C22H24F3N7O3S/c1-4-18(33)29-15-7-9-16(10-8-15)30-21-28-13-17(22(23,24)25)19(31-21)27-12-14-6-5-11-26-20(14)32(2)36(3,34)35/h5-11,13H,4,12H2,1-3H3,(H,29,33)(H2,27,28,30,31). The minimum atomic E-state index is -4.73. The van der Waals surface area contributed by atoms with Crippen molar-refractivity contribution < 1.29 is 26.4 Å². The largest absolute Gasteiger partial charge is 0.421 e. The number of alkyl halides is 3. The van der Waals surface area contributed by atoms with Gasteiger partial charge in [0.15, 0.2) is 0 Å². The molecule has 3 aromatic rings. The first-order valence-electron chi connectivity index (χ1n) is 10.6. The Morgan fingerprint density at radius 2 is 1.75 bits per heavy atom. The Balaban J connectivity index is 1.85. The van der Waals surface area contributed by atoms with Crippen LogP contribution in [0.15, 0.2) is 48.8 Å². The second-order valence-electron chi connectivity index (χ2n) is 7.63. The molecule has 0 aliphatic heterocycles. The number of hydrogen-bond donors (Lipinski definition) is 3. The molecule has 0 aliphatic carbocycles. The van der Waals surface area contributed by atoms with Gasteiger partial charge in [0.2, 0.25) is 21.9 Å². The lowest BCUT2D eigenvalue weighted by molar-refractivity contribution is -0.137. The first-order valence-corrected chi connectivity index (χ1v) is 12.5. The zero-order valence-corrected chi connectivity index (χ0v) is 20.4. The molecule has 2 heterocycles. The number of rotatable bonds is 9. The smallest absolute Gasteiger partial charge is 0.365 e. The van der Waals surface area contributed by atoms with Crippen LogP contribution in [0.5, 0.6) is 0 Å². The van der Waals surface area contributed by atoms with Gasteiger partial charge in [-0.15, -0.1) is 0 Å². The molecule has 1 aromatic carbocycles. The van der Waals surface area contributed by atoms with E-state index in [-0.39, 0.29) is 24.2 Å². The van der Waals surface area contributed by atoms with E-state index in [1.807, 2.05) is 0 Å². The van der Waals surface area contributed by atoms with Gasteiger partial charge in [0, 0.05) is 49.3 Å². The molecule has 192 valence electrons. The van der Waals surface area contributed by atoms with E-state index in [1.54, 1.807) is 43.3 Å². The summed E-state index contributed by atoms with van der Waals surface area (Å²) in [7, 11) is -2.34. The van der Waals surface area contributed by atoms with Gasteiger partial charge in [0.25, 0.3) is 0 Å². The molecule has 0 aliphatic rings. The molecule has 36 heavy (non-hydrogen) atoms. The van der Waals surface area contributed by atoms with Crippen molar-refractivity contribution in [2.45, 2.75) is 26.1 Å². The molecule has 0 spiro atoms. The van der Waals surface area contributed by atoms with E-state index in [9.17, 15) is 26.4 Å². The Kier molecular flexibility index (Phi) is 7.97. The summed E-state index contributed by atoms with van der Waals surface area (Å²) in [5.41, 5.74) is 0.304. The van der Waals surface area contributed by atoms with E-state index in [0.717, 1.165) is 10.6 Å². The van der Waals surface area contributed by atoms with Crippen LogP contribution in [-0.2, 0) is 27.5 Å². The Hall–Kier alpha value is -3.94. The fourth-order valence-electron chi connectivity index (χ4n) is 2.99. The molecule has 3 rings (SSSR count). The molecular weight excluding hydrogens is 499 g/mol. The first kappa shape index (κ1) is 26.7. The topological polar surface area (TPSA) is 129 Å². The van der Waals surface area contributed by atoms with Crippen molar-refractivity contribution in [2.75, 3.05) is 33.6 Å². The van der Waals surface area contributed by atoms with Crippen LogP contribution in [0.2, 0.25) is 0 Å². The molecule has 1 amide bonds. The normalized spacial score (nSPS) is 11.6. The number of sulfonamides is 1. The third kappa shape index (κ3) is 6.81. The quantitative estimate of drug-likeness (QED) is 0.384. The van der Waals surface area contributed by atoms with E-state index in [0.29, 0.717) is 29.6 Å². The Morgan fingerprint density at radius 3 is 2.36 bits per heavy atom. The van der Waals surface area contributed by atoms with Crippen LogP contribution in [0.3, 0.4) is 0 Å². The van der Waals surface area contributed by atoms with Crippen molar-refractivity contribution in [1.29, 1.82) is 0 Å². The van der Waals surface area contributed by atoms with Crippen molar-refractivity contribution >= 4 is 44.9 Å². The summed E-state index contributed by atoms with van der Waals surface area (Å²) < 4.78 is 65.6. The summed E-state index contributed by atoms with van der Waals surface area (Å²) in [5.74, 6) is -0.681. The molecule has 10 nitrogen and oxygen atoms in total. The molecule has 0 bridgehead atoms. The number of nitrogens with zero attached hydrogens (tertiary/aromatic N) is 4. The molecule has 2 aromatic heterocycles. The van der Waals surface area contributed by atoms with Gasteiger partial charge in [-0.25, -0.2) is 18.4 Å². The second-order valence-corrected chi connectivity index (χ2v) is 9.64. The first-order chi connectivity index (χ1) is 16.9. The number of anilines is 5. The predicted molar refractivity (Wildman–Crippen MR) is 130 cm³/mol. The van der Waals surface area contributed by atoms with Crippen LogP contribution in [0.1, 0.15) is 24.5 Å². The molecule has 0 unspecified atom stereocenters. The van der Waals surface area contributed by atoms with Crippen LogP contribution < -0.4 is 20.3 Å². The molecule has 0 radical (unpaired) electrons. The lowest BCUT2D eigenvalue weighted by atomic mass is 10.2. The number of carbonyl (C=O) groups excluding carboxylic acids is 1. The van der Waals surface area contributed by atoms with Crippen molar-refractivity contribution in [1.82, 2.24) is 15.0 Å². The van der Waals surface area contributed by atoms with Crippen LogP contribution >= 0.6 is 0 Å². The Labute approximate surface area is 206 Å². The maximum Gasteiger partial charge on any atom is 0.421 e. The minimum absolute atomic E-state index is 0.0729. The highest BCUT2D eigenvalue weighted by Gasteiger charge is 2.35. The van der Waals surface area contributed by atoms with E-state index in [4.69, 9.17) is 0 Å². The lowest BCUT2D eigenvalue weighted by Crippen LogP contribution is -2.27. The van der Waals surface area contributed by atoms with Crippen molar-refractivity contribution in [3.8, 4) is 0 Å². The zero-order valence-electron chi connectivity index (χ0n) is 19.6. The van der Waals surface area contributed by atoms with Crippen molar-refractivity contribution in [2.24, 2.45) is 0 Å². The van der Waals surface area contributed by atoms with Gasteiger partial charge in [0.05, 0.1) is 6.26 Å². The predicted octanol–water partition coefficient (Wildman–Crippen LogP) is 3.99. The van der Waals surface area contributed by atoms with Gasteiger partial charge in [-0.1, -0.05) is 13.0 Å². The van der Waals surface area contributed by atoms with E-state index < -0.39 is 27.6 Å². The highest BCUT2D eigenvalue weighted by atomic mass is 32.2. The number of carbonyl (C=O) groups is 1. The maximum absolute atomic E-state index is 13.6. The average Bonchev–Trinajstić information content (AvgIpc) is 2.82. The van der Waals surface area contributed by atoms with Gasteiger partial charge in [-0.2, -0.15) is 18.2 Å².